The summed E-state index contributed by atoms with van der Waals surface area (Å²) in [6.45, 7) is 1.02. The smallest absolute Gasteiger partial charge is 0.255 e. The van der Waals surface area contributed by atoms with Crippen LogP contribution in [0.3, 0.4) is 0 Å². The normalized spacial score (nSPS) is 10.7. The number of hydrogen-bond donors (Lipinski definition) is 1. The molecule has 0 radical (unpaired) electrons. The third kappa shape index (κ3) is 4.83. The number of nitrogens with zero attached hydrogens (tertiary/aromatic N) is 2. The van der Waals surface area contributed by atoms with E-state index in [-0.39, 0.29) is 5.91 Å². The van der Waals surface area contributed by atoms with Crippen molar-refractivity contribution in [1.82, 2.24) is 15.1 Å². The van der Waals surface area contributed by atoms with Gasteiger partial charge >= 0.3 is 0 Å². The van der Waals surface area contributed by atoms with E-state index in [9.17, 15) is 4.79 Å². The van der Waals surface area contributed by atoms with Crippen LogP contribution in [0.25, 0.3) is 11.3 Å². The highest BCUT2D eigenvalue weighted by molar-refractivity contribution is 6.00. The van der Waals surface area contributed by atoms with Crippen LogP contribution in [-0.4, -0.2) is 36.5 Å². The van der Waals surface area contributed by atoms with Crippen LogP contribution in [0.15, 0.2) is 77.5 Å². The van der Waals surface area contributed by atoms with Gasteiger partial charge in [0, 0.05) is 24.7 Å². The number of carbonyl (C=O) groups excluding carboxylic acids is 1. The van der Waals surface area contributed by atoms with E-state index < -0.39 is 0 Å². The van der Waals surface area contributed by atoms with E-state index in [4.69, 9.17) is 19.0 Å². The number of benzene rings is 2. The Morgan fingerprint density at radius 1 is 1.03 bits per heavy atom. The van der Waals surface area contributed by atoms with Crippen LogP contribution in [-0.2, 0) is 13.0 Å². The van der Waals surface area contributed by atoms with Gasteiger partial charge in [-0.15, -0.1) is 0 Å². The van der Waals surface area contributed by atoms with E-state index in [2.05, 4.69) is 5.32 Å². The summed E-state index contributed by atoms with van der Waals surface area (Å²) >= 11 is 0. The molecular formula is C25H25N3O4. The average Bonchev–Trinajstić information content (AvgIpc) is 3.49. The van der Waals surface area contributed by atoms with Gasteiger partial charge in [0.2, 0.25) is 0 Å². The zero-order valence-electron chi connectivity index (χ0n) is 18.1. The molecule has 0 spiro atoms. The van der Waals surface area contributed by atoms with Crippen LogP contribution < -0.4 is 14.8 Å². The van der Waals surface area contributed by atoms with Crippen molar-refractivity contribution in [3.8, 4) is 22.8 Å². The zero-order valence-corrected chi connectivity index (χ0v) is 18.1. The summed E-state index contributed by atoms with van der Waals surface area (Å²) in [5.74, 6) is 1.82. The van der Waals surface area contributed by atoms with Gasteiger partial charge in [-0.05, 0) is 35.9 Å². The van der Waals surface area contributed by atoms with Crippen LogP contribution in [0.1, 0.15) is 21.7 Å². The highest BCUT2D eigenvalue weighted by Crippen LogP contribution is 2.33. The van der Waals surface area contributed by atoms with Crippen LogP contribution in [0, 0.1) is 0 Å². The molecule has 2 aromatic carbocycles. The molecule has 0 aliphatic carbocycles. The van der Waals surface area contributed by atoms with Gasteiger partial charge in [-0.1, -0.05) is 30.3 Å². The second kappa shape index (κ2) is 9.87. The van der Waals surface area contributed by atoms with Crippen molar-refractivity contribution >= 4 is 5.91 Å². The molecule has 0 atom stereocenters. The molecule has 2 aromatic heterocycles. The Kier molecular flexibility index (Phi) is 6.55. The highest BCUT2D eigenvalue weighted by Gasteiger charge is 2.19. The van der Waals surface area contributed by atoms with Crippen molar-refractivity contribution in [2.45, 2.75) is 13.0 Å². The maximum atomic E-state index is 13.1. The SMILES string of the molecule is COc1ccc(-c2nn(Cc3ccccc3)cc2C(=O)NCCc2ccco2)cc1OC. The minimum atomic E-state index is -0.194. The Balaban J connectivity index is 1.63. The van der Waals surface area contributed by atoms with E-state index in [1.54, 1.807) is 31.4 Å². The van der Waals surface area contributed by atoms with Crippen molar-refractivity contribution in [3.63, 3.8) is 0 Å². The molecule has 4 rings (SSSR count). The number of ether oxygens (including phenoxy) is 2. The first-order valence-corrected chi connectivity index (χ1v) is 10.3. The first kappa shape index (κ1) is 21.2. The molecule has 4 aromatic rings. The van der Waals surface area contributed by atoms with Gasteiger partial charge in [0.15, 0.2) is 11.5 Å². The van der Waals surface area contributed by atoms with E-state index >= 15 is 0 Å². The van der Waals surface area contributed by atoms with Crippen LogP contribution in [0.5, 0.6) is 11.5 Å². The second-order valence-electron chi connectivity index (χ2n) is 7.23. The monoisotopic (exact) mass is 431 g/mol. The highest BCUT2D eigenvalue weighted by atomic mass is 16.5. The predicted molar refractivity (Wildman–Crippen MR) is 121 cm³/mol. The fraction of sp³-hybridized carbons (Fsp3) is 0.200. The lowest BCUT2D eigenvalue weighted by atomic mass is 10.1. The number of amides is 1. The third-order valence-electron chi connectivity index (χ3n) is 5.09. The minimum Gasteiger partial charge on any atom is -0.493 e. The van der Waals surface area contributed by atoms with E-state index in [1.807, 2.05) is 60.7 Å². The van der Waals surface area contributed by atoms with Gasteiger partial charge in [0.05, 0.1) is 32.6 Å². The van der Waals surface area contributed by atoms with Crippen LogP contribution in [0.2, 0.25) is 0 Å². The van der Waals surface area contributed by atoms with E-state index in [0.717, 1.165) is 16.9 Å². The summed E-state index contributed by atoms with van der Waals surface area (Å²) in [5, 5.41) is 7.69. The number of hydrogen-bond acceptors (Lipinski definition) is 5. The molecule has 0 bridgehead atoms. The molecule has 0 saturated heterocycles. The van der Waals surface area contributed by atoms with E-state index in [0.29, 0.717) is 42.3 Å². The summed E-state index contributed by atoms with van der Waals surface area (Å²) < 4.78 is 17.9. The molecule has 1 amide bonds. The Labute approximate surface area is 186 Å². The van der Waals surface area contributed by atoms with Gasteiger partial charge in [0.25, 0.3) is 5.91 Å². The Bertz CT molecular complexity index is 1170. The summed E-state index contributed by atoms with van der Waals surface area (Å²) in [7, 11) is 3.17. The summed E-state index contributed by atoms with van der Waals surface area (Å²) in [5.41, 5.74) is 2.94. The maximum absolute atomic E-state index is 13.1. The van der Waals surface area contributed by atoms with E-state index in [1.165, 1.54) is 0 Å². The number of nitrogens with one attached hydrogen (secondary N) is 1. The molecule has 7 nitrogen and oxygen atoms in total. The van der Waals surface area contributed by atoms with Gasteiger partial charge in [-0.25, -0.2) is 0 Å². The second-order valence-corrected chi connectivity index (χ2v) is 7.23. The summed E-state index contributed by atoms with van der Waals surface area (Å²) in [6, 6.07) is 19.2. The minimum absolute atomic E-state index is 0.194. The van der Waals surface area contributed by atoms with Crippen molar-refractivity contribution in [3.05, 3.63) is 90.0 Å². The zero-order chi connectivity index (χ0) is 22.3. The van der Waals surface area contributed by atoms with Gasteiger partial charge in [-0.2, -0.15) is 5.10 Å². The molecule has 0 aliphatic rings. The average molecular weight is 431 g/mol. The summed E-state index contributed by atoms with van der Waals surface area (Å²) in [4.78, 5) is 13.1. The number of carbonyl (C=O) groups is 1. The molecule has 7 heteroatoms. The van der Waals surface area contributed by atoms with Crippen LogP contribution >= 0.6 is 0 Å². The molecule has 2 heterocycles. The maximum Gasteiger partial charge on any atom is 0.255 e. The quantitative estimate of drug-likeness (QED) is 0.430. The first-order chi connectivity index (χ1) is 15.7. The molecule has 0 aliphatic heterocycles. The largest absolute Gasteiger partial charge is 0.493 e. The van der Waals surface area contributed by atoms with Crippen molar-refractivity contribution in [2.24, 2.45) is 0 Å². The first-order valence-electron chi connectivity index (χ1n) is 10.3. The number of furan rings is 1. The fourth-order valence-corrected chi connectivity index (χ4v) is 3.49. The molecular weight excluding hydrogens is 406 g/mol. The summed E-state index contributed by atoms with van der Waals surface area (Å²) in [6.07, 6.45) is 4.02. The van der Waals surface area contributed by atoms with Crippen molar-refractivity contribution in [1.29, 1.82) is 0 Å². The van der Waals surface area contributed by atoms with Crippen molar-refractivity contribution < 1.29 is 18.7 Å². The fourth-order valence-electron chi connectivity index (χ4n) is 3.49. The number of methoxy groups -OCH3 is 2. The Morgan fingerprint density at radius 3 is 2.56 bits per heavy atom. The molecule has 164 valence electrons. The Morgan fingerprint density at radius 2 is 1.84 bits per heavy atom. The molecule has 32 heavy (non-hydrogen) atoms. The lowest BCUT2D eigenvalue weighted by Gasteiger charge is -2.09. The van der Waals surface area contributed by atoms with Crippen molar-refractivity contribution in [2.75, 3.05) is 20.8 Å². The molecule has 0 unspecified atom stereocenters. The lowest BCUT2D eigenvalue weighted by molar-refractivity contribution is 0.0954. The number of rotatable bonds is 9. The molecule has 0 saturated carbocycles. The van der Waals surface area contributed by atoms with Gasteiger partial charge < -0.3 is 19.2 Å². The molecule has 1 N–H and O–H groups in total. The Hall–Kier alpha value is -4.00. The topological polar surface area (TPSA) is 78.5 Å². The lowest BCUT2D eigenvalue weighted by Crippen LogP contribution is -2.25. The predicted octanol–water partition coefficient (Wildman–Crippen LogP) is 4.18. The number of aromatic nitrogens is 2. The van der Waals surface area contributed by atoms with Crippen LogP contribution in [0.4, 0.5) is 0 Å². The third-order valence-corrected chi connectivity index (χ3v) is 5.09. The van der Waals surface area contributed by atoms with Gasteiger partial charge in [-0.3, -0.25) is 9.48 Å². The molecule has 0 fully saturated rings. The standard InChI is InChI=1S/C25H25N3O4/c1-30-22-11-10-19(15-23(22)31-2)24-21(25(29)26-13-12-20-9-6-14-32-20)17-28(27-24)16-18-7-4-3-5-8-18/h3-11,14-15,17H,12-13,16H2,1-2H3,(H,26,29). The van der Waals surface area contributed by atoms with Gasteiger partial charge in [0.1, 0.15) is 11.5 Å².